The minimum atomic E-state index is -4.36. The summed E-state index contributed by atoms with van der Waals surface area (Å²) in [5, 5.41) is 4.01. The molecule has 0 unspecified atom stereocenters. The maximum absolute atomic E-state index is 14.1. The van der Waals surface area contributed by atoms with Crippen molar-refractivity contribution in [3.05, 3.63) is 66.0 Å². The van der Waals surface area contributed by atoms with Gasteiger partial charge in [-0.15, -0.1) is 5.10 Å². The van der Waals surface area contributed by atoms with E-state index in [4.69, 9.17) is 4.74 Å². The van der Waals surface area contributed by atoms with Crippen molar-refractivity contribution in [3.63, 3.8) is 0 Å². The second-order valence-electron chi connectivity index (χ2n) is 5.59. The summed E-state index contributed by atoms with van der Waals surface area (Å²) in [6.07, 6.45) is 4.58. The first-order chi connectivity index (χ1) is 13.4. The van der Waals surface area contributed by atoms with E-state index in [-0.39, 0.29) is 18.1 Å². The van der Waals surface area contributed by atoms with Crippen LogP contribution in [-0.4, -0.2) is 40.7 Å². The van der Waals surface area contributed by atoms with Gasteiger partial charge >= 0.3 is 5.97 Å². The molecule has 2 heterocycles. The van der Waals surface area contributed by atoms with Crippen molar-refractivity contribution >= 4 is 21.9 Å². The topological polar surface area (TPSA) is 116 Å². The van der Waals surface area contributed by atoms with Gasteiger partial charge in [0.15, 0.2) is 0 Å². The van der Waals surface area contributed by atoms with E-state index in [0.717, 1.165) is 23.8 Å². The van der Waals surface area contributed by atoms with Crippen LogP contribution in [0.1, 0.15) is 22.8 Å². The van der Waals surface area contributed by atoms with Crippen LogP contribution in [0, 0.1) is 5.82 Å². The van der Waals surface area contributed by atoms with Gasteiger partial charge in [0, 0.05) is 12.4 Å². The van der Waals surface area contributed by atoms with Crippen LogP contribution in [0.4, 0.5) is 10.3 Å². The number of sulfonamides is 1. The summed E-state index contributed by atoms with van der Waals surface area (Å²) in [6.45, 7) is 2.06. The Morgan fingerprint density at radius 3 is 2.71 bits per heavy atom. The number of nitrogens with one attached hydrogen (secondary N) is 1. The fraction of sp³-hybridized carbons (Fsp3) is 0.176. The SMILES string of the molecule is CCOC(=O)c1ccc(F)c(S(=O)(=O)Nc2ncn(Cc3ccncc3)n2)c1. The summed E-state index contributed by atoms with van der Waals surface area (Å²) in [6, 6.07) is 6.50. The highest BCUT2D eigenvalue weighted by molar-refractivity contribution is 7.92. The molecule has 3 rings (SSSR count). The van der Waals surface area contributed by atoms with E-state index in [1.165, 1.54) is 11.0 Å². The van der Waals surface area contributed by atoms with Crippen LogP contribution < -0.4 is 4.72 Å². The maximum atomic E-state index is 14.1. The average Bonchev–Trinajstić information content (AvgIpc) is 3.09. The second-order valence-corrected chi connectivity index (χ2v) is 7.24. The molecule has 3 aromatic rings. The number of ether oxygens (including phenoxy) is 1. The molecule has 1 aromatic carbocycles. The quantitative estimate of drug-likeness (QED) is 0.596. The average molecular weight is 405 g/mol. The third-order valence-corrected chi connectivity index (χ3v) is 4.93. The molecule has 0 saturated heterocycles. The van der Waals surface area contributed by atoms with E-state index < -0.39 is 26.7 Å². The highest BCUT2D eigenvalue weighted by atomic mass is 32.2. The molecule has 0 bridgehead atoms. The number of carbonyl (C=O) groups excluding carboxylic acids is 1. The Labute approximate surface area is 160 Å². The molecule has 11 heteroatoms. The fourth-order valence-electron chi connectivity index (χ4n) is 2.32. The highest BCUT2D eigenvalue weighted by Crippen LogP contribution is 2.19. The molecule has 0 aliphatic carbocycles. The summed E-state index contributed by atoms with van der Waals surface area (Å²) < 4.78 is 47.5. The largest absolute Gasteiger partial charge is 0.462 e. The molecule has 0 fully saturated rings. The summed E-state index contributed by atoms with van der Waals surface area (Å²) in [7, 11) is -4.36. The molecule has 0 amide bonds. The Morgan fingerprint density at radius 2 is 2.00 bits per heavy atom. The number of anilines is 1. The van der Waals surface area contributed by atoms with Gasteiger partial charge in [0.2, 0.25) is 0 Å². The molecule has 0 atom stereocenters. The molecule has 0 spiro atoms. The summed E-state index contributed by atoms with van der Waals surface area (Å²) in [5.74, 6) is -1.99. The first-order valence-electron chi connectivity index (χ1n) is 8.17. The van der Waals surface area contributed by atoms with Crippen LogP contribution >= 0.6 is 0 Å². The van der Waals surface area contributed by atoms with Crippen LogP contribution in [-0.2, 0) is 21.3 Å². The fourth-order valence-corrected chi connectivity index (χ4v) is 3.37. The van der Waals surface area contributed by atoms with Crippen LogP contribution in [0.15, 0.2) is 53.9 Å². The van der Waals surface area contributed by atoms with E-state index in [2.05, 4.69) is 19.8 Å². The minimum Gasteiger partial charge on any atom is -0.462 e. The number of benzene rings is 1. The zero-order chi connectivity index (χ0) is 20.1. The van der Waals surface area contributed by atoms with Crippen LogP contribution in [0.3, 0.4) is 0 Å². The van der Waals surface area contributed by atoms with Crippen LogP contribution in [0.25, 0.3) is 0 Å². The molecule has 1 N–H and O–H groups in total. The minimum absolute atomic E-state index is 0.0835. The lowest BCUT2D eigenvalue weighted by atomic mass is 10.2. The highest BCUT2D eigenvalue weighted by Gasteiger charge is 2.23. The number of hydrogen-bond acceptors (Lipinski definition) is 7. The van der Waals surface area contributed by atoms with Crippen LogP contribution in [0.5, 0.6) is 0 Å². The molecule has 0 aliphatic heterocycles. The predicted molar refractivity (Wildman–Crippen MR) is 96.5 cm³/mol. The van der Waals surface area contributed by atoms with E-state index in [1.54, 1.807) is 31.5 Å². The lowest BCUT2D eigenvalue weighted by Gasteiger charge is -2.08. The maximum Gasteiger partial charge on any atom is 0.338 e. The van der Waals surface area contributed by atoms with E-state index >= 15 is 0 Å². The molecule has 146 valence electrons. The summed E-state index contributed by atoms with van der Waals surface area (Å²) >= 11 is 0. The van der Waals surface area contributed by atoms with Gasteiger partial charge in [0.25, 0.3) is 16.0 Å². The molecule has 0 saturated carbocycles. The third-order valence-electron chi connectivity index (χ3n) is 3.59. The van der Waals surface area contributed by atoms with Gasteiger partial charge in [-0.3, -0.25) is 4.98 Å². The number of pyridine rings is 1. The van der Waals surface area contributed by atoms with Crippen molar-refractivity contribution in [3.8, 4) is 0 Å². The van der Waals surface area contributed by atoms with E-state index in [1.807, 2.05) is 0 Å². The van der Waals surface area contributed by atoms with Gasteiger partial charge in [-0.2, -0.15) is 4.98 Å². The molecular formula is C17H16FN5O4S. The van der Waals surface area contributed by atoms with Gasteiger partial charge in [0.1, 0.15) is 17.0 Å². The lowest BCUT2D eigenvalue weighted by molar-refractivity contribution is 0.0526. The van der Waals surface area contributed by atoms with Crippen LogP contribution in [0.2, 0.25) is 0 Å². The van der Waals surface area contributed by atoms with Gasteiger partial charge in [-0.1, -0.05) is 0 Å². The Morgan fingerprint density at radius 1 is 1.25 bits per heavy atom. The molecular weight excluding hydrogens is 389 g/mol. The molecule has 0 aliphatic rings. The molecule has 2 aromatic heterocycles. The van der Waals surface area contributed by atoms with Crippen molar-refractivity contribution < 1.29 is 22.3 Å². The number of rotatable bonds is 7. The van der Waals surface area contributed by atoms with Crippen molar-refractivity contribution in [2.75, 3.05) is 11.3 Å². The standard InChI is InChI=1S/C17H16FN5O4S/c1-2-27-16(24)13-3-4-14(18)15(9-13)28(25,26)22-17-20-11-23(21-17)10-12-5-7-19-8-6-12/h3-9,11H,2,10H2,1H3,(H,21,22). The summed E-state index contributed by atoms with van der Waals surface area (Å²) in [5.41, 5.74) is 0.808. The van der Waals surface area contributed by atoms with Crippen molar-refractivity contribution in [1.29, 1.82) is 0 Å². The molecule has 0 radical (unpaired) electrons. The predicted octanol–water partition coefficient (Wildman–Crippen LogP) is 1.84. The Balaban J connectivity index is 1.81. The van der Waals surface area contributed by atoms with E-state index in [9.17, 15) is 17.6 Å². The van der Waals surface area contributed by atoms with Gasteiger partial charge in [-0.25, -0.2) is 27.0 Å². The summed E-state index contributed by atoms with van der Waals surface area (Å²) in [4.78, 5) is 18.9. The number of nitrogens with zero attached hydrogens (tertiary/aromatic N) is 4. The number of carbonyl (C=O) groups is 1. The van der Waals surface area contributed by atoms with Gasteiger partial charge in [-0.05, 0) is 42.8 Å². The monoisotopic (exact) mass is 405 g/mol. The number of hydrogen-bond donors (Lipinski definition) is 1. The Kier molecular flexibility index (Phi) is 5.64. The smallest absolute Gasteiger partial charge is 0.338 e. The van der Waals surface area contributed by atoms with Crippen molar-refractivity contribution in [2.24, 2.45) is 0 Å². The third kappa shape index (κ3) is 4.49. The number of halogens is 1. The Hall–Kier alpha value is -3.34. The first-order valence-corrected chi connectivity index (χ1v) is 9.65. The number of aromatic nitrogens is 4. The first kappa shape index (κ1) is 19.4. The molecule has 28 heavy (non-hydrogen) atoms. The zero-order valence-corrected chi connectivity index (χ0v) is 15.6. The number of esters is 1. The van der Waals surface area contributed by atoms with Gasteiger partial charge in [0.05, 0.1) is 18.7 Å². The Bertz CT molecular complexity index is 1090. The molecule has 9 nitrogen and oxygen atoms in total. The van der Waals surface area contributed by atoms with Crippen molar-refractivity contribution in [2.45, 2.75) is 18.4 Å². The second kappa shape index (κ2) is 8.13. The van der Waals surface area contributed by atoms with E-state index in [0.29, 0.717) is 6.54 Å². The zero-order valence-electron chi connectivity index (χ0n) is 14.7. The normalized spacial score (nSPS) is 11.2. The van der Waals surface area contributed by atoms with Crippen molar-refractivity contribution in [1.82, 2.24) is 19.7 Å². The lowest BCUT2D eigenvalue weighted by Crippen LogP contribution is -2.17. The van der Waals surface area contributed by atoms with Gasteiger partial charge < -0.3 is 4.74 Å².